The summed E-state index contributed by atoms with van der Waals surface area (Å²) in [7, 11) is 0. The molecule has 2 unspecified atom stereocenters. The van der Waals surface area contributed by atoms with Crippen LogP contribution in [0, 0.1) is 0 Å². The maximum atomic E-state index is 6.05. The van der Waals surface area contributed by atoms with Crippen molar-refractivity contribution < 1.29 is 0 Å². The Hall–Kier alpha value is -1.13. The summed E-state index contributed by atoms with van der Waals surface area (Å²) in [5.74, 6) is 1.10. The molecule has 2 atom stereocenters. The molecule has 98 valence electrons. The number of nitrogens with zero attached hydrogens (tertiary/aromatic N) is 3. The van der Waals surface area contributed by atoms with Gasteiger partial charge in [-0.3, -0.25) is 4.90 Å². The van der Waals surface area contributed by atoms with Crippen molar-refractivity contribution in [1.29, 1.82) is 0 Å². The minimum atomic E-state index is 0.0512. The smallest absolute Gasteiger partial charge is 0.133 e. The highest BCUT2D eigenvalue weighted by molar-refractivity contribution is 5.49. The van der Waals surface area contributed by atoms with Crippen LogP contribution in [0.15, 0.2) is 18.3 Å². The van der Waals surface area contributed by atoms with Gasteiger partial charge in [0.1, 0.15) is 5.82 Å². The van der Waals surface area contributed by atoms with E-state index in [1.807, 2.05) is 19.2 Å². The van der Waals surface area contributed by atoms with Gasteiger partial charge in [0.05, 0.1) is 0 Å². The number of aromatic nitrogens is 1. The molecule has 0 spiro atoms. The van der Waals surface area contributed by atoms with Crippen molar-refractivity contribution in [3.05, 3.63) is 23.9 Å². The lowest BCUT2D eigenvalue weighted by atomic mass is 10.1. The van der Waals surface area contributed by atoms with Crippen LogP contribution in [-0.4, -0.2) is 42.1 Å². The highest BCUT2D eigenvalue weighted by atomic mass is 15.3. The third-order valence-electron chi connectivity index (χ3n) is 4.19. The molecular weight excluding hydrogens is 224 g/mol. The average Bonchev–Trinajstić information content (AvgIpc) is 2.85. The molecule has 2 fully saturated rings. The van der Waals surface area contributed by atoms with Crippen LogP contribution < -0.4 is 10.6 Å². The van der Waals surface area contributed by atoms with Crippen LogP contribution in [0.4, 0.5) is 5.82 Å². The predicted octanol–water partition coefficient (Wildman–Crippen LogP) is 1.39. The van der Waals surface area contributed by atoms with Gasteiger partial charge >= 0.3 is 0 Å². The van der Waals surface area contributed by atoms with Crippen LogP contribution in [-0.2, 0) is 0 Å². The minimum Gasteiger partial charge on any atom is -0.353 e. The zero-order valence-electron chi connectivity index (χ0n) is 11.0. The lowest BCUT2D eigenvalue weighted by Gasteiger charge is -2.39. The molecule has 1 aromatic rings. The monoisotopic (exact) mass is 246 g/mol. The fourth-order valence-electron chi connectivity index (χ4n) is 3.21. The summed E-state index contributed by atoms with van der Waals surface area (Å²) in [6.07, 6.45) is 4.56. The normalized spacial score (nSPS) is 26.1. The Labute approximate surface area is 109 Å². The van der Waals surface area contributed by atoms with Gasteiger partial charge in [-0.1, -0.05) is 6.07 Å². The van der Waals surface area contributed by atoms with E-state index < -0.39 is 0 Å². The predicted molar refractivity (Wildman–Crippen MR) is 73.6 cm³/mol. The van der Waals surface area contributed by atoms with E-state index in [1.165, 1.54) is 31.5 Å². The van der Waals surface area contributed by atoms with Gasteiger partial charge in [0.2, 0.25) is 0 Å². The van der Waals surface area contributed by atoms with E-state index in [4.69, 9.17) is 5.73 Å². The van der Waals surface area contributed by atoms with E-state index in [2.05, 4.69) is 20.9 Å². The van der Waals surface area contributed by atoms with E-state index in [0.717, 1.165) is 24.9 Å². The number of anilines is 1. The third-order valence-corrected chi connectivity index (χ3v) is 4.19. The van der Waals surface area contributed by atoms with Gasteiger partial charge in [-0.25, -0.2) is 4.98 Å². The Morgan fingerprint density at radius 1 is 1.39 bits per heavy atom. The van der Waals surface area contributed by atoms with Crippen molar-refractivity contribution in [2.24, 2.45) is 5.73 Å². The summed E-state index contributed by atoms with van der Waals surface area (Å²) in [4.78, 5) is 9.60. The molecule has 0 amide bonds. The van der Waals surface area contributed by atoms with Gasteiger partial charge in [-0.15, -0.1) is 0 Å². The van der Waals surface area contributed by atoms with E-state index in [9.17, 15) is 0 Å². The Kier molecular flexibility index (Phi) is 3.22. The van der Waals surface area contributed by atoms with E-state index in [1.54, 1.807) is 0 Å². The molecule has 0 radical (unpaired) electrons. The van der Waals surface area contributed by atoms with Crippen LogP contribution in [0.5, 0.6) is 0 Å². The second-order valence-corrected chi connectivity index (χ2v) is 5.48. The molecular formula is C14H22N4. The van der Waals surface area contributed by atoms with Gasteiger partial charge in [0, 0.05) is 43.5 Å². The molecule has 0 saturated carbocycles. The zero-order valence-corrected chi connectivity index (χ0v) is 11.0. The number of rotatable bonds is 2. The fourth-order valence-corrected chi connectivity index (χ4v) is 3.21. The number of hydrogen-bond donors (Lipinski definition) is 1. The topological polar surface area (TPSA) is 45.4 Å². The first-order chi connectivity index (χ1) is 8.75. The Balaban J connectivity index is 1.82. The quantitative estimate of drug-likeness (QED) is 0.856. The lowest BCUT2D eigenvalue weighted by Crippen LogP contribution is -2.50. The molecule has 1 aromatic heterocycles. The molecule has 3 heterocycles. The summed E-state index contributed by atoms with van der Waals surface area (Å²) in [6.45, 7) is 6.66. The van der Waals surface area contributed by atoms with E-state index >= 15 is 0 Å². The largest absolute Gasteiger partial charge is 0.353 e. The van der Waals surface area contributed by atoms with Crippen LogP contribution in [0.25, 0.3) is 0 Å². The molecule has 0 aromatic carbocycles. The van der Waals surface area contributed by atoms with Gasteiger partial charge < -0.3 is 10.6 Å². The number of nitrogens with two attached hydrogens (primary N) is 1. The Morgan fingerprint density at radius 3 is 3.11 bits per heavy atom. The summed E-state index contributed by atoms with van der Waals surface area (Å²) in [5.41, 5.74) is 7.22. The summed E-state index contributed by atoms with van der Waals surface area (Å²) >= 11 is 0. The highest BCUT2D eigenvalue weighted by Gasteiger charge is 2.31. The standard InChI is InChI=1S/C14H22N4/c1-11(15)13-5-2-6-16-14(13)18-9-8-17-7-3-4-12(17)10-18/h2,5-6,11-12H,3-4,7-10,15H2,1H3. The maximum absolute atomic E-state index is 6.05. The Morgan fingerprint density at radius 2 is 2.28 bits per heavy atom. The second kappa shape index (κ2) is 4.86. The summed E-state index contributed by atoms with van der Waals surface area (Å²) in [5, 5.41) is 0. The maximum Gasteiger partial charge on any atom is 0.133 e. The number of fused-ring (bicyclic) bond motifs is 1. The fraction of sp³-hybridized carbons (Fsp3) is 0.643. The second-order valence-electron chi connectivity index (χ2n) is 5.48. The first-order valence-corrected chi connectivity index (χ1v) is 6.95. The van der Waals surface area contributed by atoms with E-state index in [0.29, 0.717) is 0 Å². The van der Waals surface area contributed by atoms with Crippen LogP contribution >= 0.6 is 0 Å². The summed E-state index contributed by atoms with van der Waals surface area (Å²) in [6, 6.07) is 4.86. The van der Waals surface area contributed by atoms with Crippen LogP contribution in [0.2, 0.25) is 0 Å². The molecule has 2 aliphatic rings. The molecule has 4 nitrogen and oxygen atoms in total. The number of pyridine rings is 1. The zero-order chi connectivity index (χ0) is 12.5. The molecule has 0 bridgehead atoms. The van der Waals surface area contributed by atoms with Crippen molar-refractivity contribution in [1.82, 2.24) is 9.88 Å². The molecule has 2 N–H and O–H groups in total. The third kappa shape index (κ3) is 2.10. The molecule has 3 rings (SSSR count). The van der Waals surface area contributed by atoms with Crippen molar-refractivity contribution in [2.75, 3.05) is 31.1 Å². The first kappa shape index (κ1) is 11.9. The van der Waals surface area contributed by atoms with Crippen molar-refractivity contribution in [3.8, 4) is 0 Å². The van der Waals surface area contributed by atoms with Gasteiger partial charge in [0.25, 0.3) is 0 Å². The van der Waals surface area contributed by atoms with Crippen molar-refractivity contribution >= 4 is 5.82 Å². The summed E-state index contributed by atoms with van der Waals surface area (Å²) < 4.78 is 0. The van der Waals surface area contributed by atoms with Crippen molar-refractivity contribution in [3.63, 3.8) is 0 Å². The molecule has 2 aliphatic heterocycles. The minimum absolute atomic E-state index is 0.0512. The molecule has 0 aliphatic carbocycles. The van der Waals surface area contributed by atoms with Crippen LogP contribution in [0.1, 0.15) is 31.4 Å². The Bertz CT molecular complexity index is 418. The lowest BCUT2D eigenvalue weighted by molar-refractivity contribution is 0.230. The number of hydrogen-bond acceptors (Lipinski definition) is 4. The van der Waals surface area contributed by atoms with Gasteiger partial charge in [-0.05, 0) is 32.4 Å². The molecule has 18 heavy (non-hydrogen) atoms. The van der Waals surface area contributed by atoms with Gasteiger partial charge in [0.15, 0.2) is 0 Å². The molecule has 4 heteroatoms. The molecule has 2 saturated heterocycles. The van der Waals surface area contributed by atoms with E-state index in [-0.39, 0.29) is 6.04 Å². The van der Waals surface area contributed by atoms with Gasteiger partial charge in [-0.2, -0.15) is 0 Å². The number of piperazine rings is 1. The SMILES string of the molecule is CC(N)c1cccnc1N1CCN2CCCC2C1. The van der Waals surface area contributed by atoms with Crippen molar-refractivity contribution in [2.45, 2.75) is 31.8 Å². The first-order valence-electron chi connectivity index (χ1n) is 6.95. The van der Waals surface area contributed by atoms with Crippen LogP contribution in [0.3, 0.4) is 0 Å². The average molecular weight is 246 g/mol. The highest BCUT2D eigenvalue weighted by Crippen LogP contribution is 2.28.